The van der Waals surface area contributed by atoms with E-state index in [9.17, 15) is 14.0 Å². The van der Waals surface area contributed by atoms with Crippen LogP contribution in [0, 0.1) is 12.7 Å². The second-order valence-corrected chi connectivity index (χ2v) is 5.78. The van der Waals surface area contributed by atoms with Crippen molar-refractivity contribution < 1.29 is 18.7 Å². The molecule has 0 aliphatic heterocycles. The van der Waals surface area contributed by atoms with Crippen LogP contribution in [0.2, 0.25) is 5.02 Å². The number of halogens is 2. The number of benzene rings is 2. The van der Waals surface area contributed by atoms with Crippen LogP contribution >= 0.6 is 11.6 Å². The van der Waals surface area contributed by atoms with Gasteiger partial charge in [0.1, 0.15) is 5.82 Å². The van der Waals surface area contributed by atoms with Crippen molar-refractivity contribution in [3.8, 4) is 0 Å². The minimum atomic E-state index is -0.873. The first-order valence-electron chi connectivity index (χ1n) is 7.55. The SMILES string of the molecule is CO[C@@H](CNC(=O)C(=O)Nc1ccc(F)c(Cl)c1)c1ccccc1C. The van der Waals surface area contributed by atoms with Gasteiger partial charge in [-0.05, 0) is 36.2 Å². The van der Waals surface area contributed by atoms with E-state index in [0.29, 0.717) is 0 Å². The van der Waals surface area contributed by atoms with Crippen molar-refractivity contribution in [1.29, 1.82) is 0 Å². The summed E-state index contributed by atoms with van der Waals surface area (Å²) in [5, 5.41) is 4.74. The van der Waals surface area contributed by atoms with Crippen LogP contribution in [-0.2, 0) is 14.3 Å². The molecule has 7 heteroatoms. The molecular weight excluding hydrogens is 347 g/mol. The summed E-state index contributed by atoms with van der Waals surface area (Å²) in [6, 6.07) is 11.3. The summed E-state index contributed by atoms with van der Waals surface area (Å²) in [4.78, 5) is 23.9. The Bertz CT molecular complexity index is 783. The maximum atomic E-state index is 13.1. The van der Waals surface area contributed by atoms with E-state index in [1.54, 1.807) is 0 Å². The van der Waals surface area contributed by atoms with Crippen LogP contribution in [0.3, 0.4) is 0 Å². The van der Waals surface area contributed by atoms with Gasteiger partial charge in [0.2, 0.25) is 0 Å². The first-order chi connectivity index (χ1) is 11.9. The fourth-order valence-corrected chi connectivity index (χ4v) is 2.48. The number of hydrogen-bond acceptors (Lipinski definition) is 3. The number of methoxy groups -OCH3 is 1. The third-order valence-electron chi connectivity index (χ3n) is 3.65. The lowest BCUT2D eigenvalue weighted by molar-refractivity contribution is -0.136. The Balaban J connectivity index is 1.95. The summed E-state index contributed by atoms with van der Waals surface area (Å²) in [5.74, 6) is -2.30. The second kappa shape index (κ2) is 8.60. The fourth-order valence-electron chi connectivity index (χ4n) is 2.30. The molecule has 5 nitrogen and oxygen atoms in total. The van der Waals surface area contributed by atoms with Crippen molar-refractivity contribution in [2.45, 2.75) is 13.0 Å². The predicted molar refractivity (Wildman–Crippen MR) is 94.0 cm³/mol. The number of hydrogen-bond donors (Lipinski definition) is 2. The van der Waals surface area contributed by atoms with Gasteiger partial charge in [-0.3, -0.25) is 9.59 Å². The molecule has 132 valence electrons. The minimum absolute atomic E-state index is 0.137. The lowest BCUT2D eigenvalue weighted by Crippen LogP contribution is -2.38. The highest BCUT2D eigenvalue weighted by atomic mass is 35.5. The third-order valence-corrected chi connectivity index (χ3v) is 3.94. The van der Waals surface area contributed by atoms with E-state index in [2.05, 4.69) is 10.6 Å². The van der Waals surface area contributed by atoms with Crippen molar-refractivity contribution in [2.24, 2.45) is 0 Å². The van der Waals surface area contributed by atoms with E-state index in [1.165, 1.54) is 19.2 Å². The molecule has 0 unspecified atom stereocenters. The Morgan fingerprint density at radius 1 is 1.20 bits per heavy atom. The Kier molecular flexibility index (Phi) is 6.50. The molecule has 0 aromatic heterocycles. The van der Waals surface area contributed by atoms with Gasteiger partial charge in [0.25, 0.3) is 0 Å². The maximum absolute atomic E-state index is 13.1. The van der Waals surface area contributed by atoms with Crippen LogP contribution in [0.4, 0.5) is 10.1 Å². The molecule has 0 radical (unpaired) electrons. The Hall–Kier alpha value is -2.44. The van der Waals surface area contributed by atoms with Crippen molar-refractivity contribution in [1.82, 2.24) is 5.32 Å². The van der Waals surface area contributed by atoms with Gasteiger partial charge in [-0.25, -0.2) is 4.39 Å². The monoisotopic (exact) mass is 364 g/mol. The van der Waals surface area contributed by atoms with E-state index in [-0.39, 0.29) is 23.4 Å². The first-order valence-corrected chi connectivity index (χ1v) is 7.92. The number of amides is 2. The third kappa shape index (κ3) is 5.01. The largest absolute Gasteiger partial charge is 0.375 e. The summed E-state index contributed by atoms with van der Waals surface area (Å²) in [5.41, 5.74) is 2.18. The predicted octanol–water partition coefficient (Wildman–Crippen LogP) is 3.23. The van der Waals surface area contributed by atoms with E-state index in [4.69, 9.17) is 16.3 Å². The molecule has 0 heterocycles. The number of nitrogens with one attached hydrogen (secondary N) is 2. The van der Waals surface area contributed by atoms with Gasteiger partial charge in [-0.15, -0.1) is 0 Å². The zero-order valence-corrected chi connectivity index (χ0v) is 14.6. The molecule has 0 spiro atoms. The van der Waals surface area contributed by atoms with E-state index in [0.717, 1.165) is 17.2 Å². The van der Waals surface area contributed by atoms with Crippen molar-refractivity contribution in [2.75, 3.05) is 19.0 Å². The molecule has 2 rings (SSSR count). The van der Waals surface area contributed by atoms with Gasteiger partial charge in [0.15, 0.2) is 0 Å². The molecule has 0 saturated carbocycles. The Morgan fingerprint density at radius 3 is 2.56 bits per heavy atom. The van der Waals surface area contributed by atoms with Crippen LogP contribution < -0.4 is 10.6 Å². The molecule has 25 heavy (non-hydrogen) atoms. The summed E-state index contributed by atoms with van der Waals surface area (Å²) in [6.07, 6.45) is -0.377. The summed E-state index contributed by atoms with van der Waals surface area (Å²) in [7, 11) is 1.53. The zero-order valence-electron chi connectivity index (χ0n) is 13.8. The fraction of sp³-hybridized carbons (Fsp3) is 0.222. The summed E-state index contributed by atoms with van der Waals surface area (Å²) >= 11 is 5.64. The van der Waals surface area contributed by atoms with Crippen LogP contribution in [0.5, 0.6) is 0 Å². The van der Waals surface area contributed by atoms with Gasteiger partial charge in [0, 0.05) is 19.3 Å². The van der Waals surface area contributed by atoms with Gasteiger partial charge < -0.3 is 15.4 Å². The topological polar surface area (TPSA) is 67.4 Å². The first kappa shape index (κ1) is 18.9. The highest BCUT2D eigenvalue weighted by Crippen LogP contribution is 2.20. The Morgan fingerprint density at radius 2 is 1.92 bits per heavy atom. The van der Waals surface area contributed by atoms with Crippen LogP contribution in [-0.4, -0.2) is 25.5 Å². The van der Waals surface area contributed by atoms with E-state index in [1.807, 2.05) is 31.2 Å². The molecule has 1 atom stereocenters. The molecule has 0 aliphatic carbocycles. The second-order valence-electron chi connectivity index (χ2n) is 5.37. The molecule has 0 aliphatic rings. The quantitative estimate of drug-likeness (QED) is 0.800. The number of carbonyl (C=O) groups is 2. The number of aryl methyl sites for hydroxylation is 1. The van der Waals surface area contributed by atoms with Crippen molar-refractivity contribution in [3.63, 3.8) is 0 Å². The molecule has 2 aromatic rings. The maximum Gasteiger partial charge on any atom is 0.313 e. The molecule has 2 amide bonds. The van der Waals surface area contributed by atoms with Crippen LogP contribution in [0.1, 0.15) is 17.2 Å². The van der Waals surface area contributed by atoms with Gasteiger partial charge in [-0.1, -0.05) is 35.9 Å². The van der Waals surface area contributed by atoms with Gasteiger partial charge >= 0.3 is 11.8 Å². The van der Waals surface area contributed by atoms with Crippen molar-refractivity contribution in [3.05, 3.63) is 64.4 Å². The molecule has 0 fully saturated rings. The molecule has 0 bridgehead atoms. The van der Waals surface area contributed by atoms with Gasteiger partial charge in [0.05, 0.1) is 11.1 Å². The average molecular weight is 365 g/mol. The normalized spacial score (nSPS) is 11.7. The number of ether oxygens (including phenoxy) is 1. The zero-order chi connectivity index (χ0) is 18.4. The van der Waals surface area contributed by atoms with E-state index >= 15 is 0 Å². The van der Waals surface area contributed by atoms with Gasteiger partial charge in [-0.2, -0.15) is 0 Å². The van der Waals surface area contributed by atoms with E-state index < -0.39 is 17.6 Å². The lowest BCUT2D eigenvalue weighted by Gasteiger charge is -2.18. The molecule has 2 aromatic carbocycles. The Labute approximate surface area is 150 Å². The molecule has 0 saturated heterocycles. The smallest absolute Gasteiger partial charge is 0.313 e. The minimum Gasteiger partial charge on any atom is -0.375 e. The highest BCUT2D eigenvalue weighted by Gasteiger charge is 2.18. The summed E-state index contributed by atoms with van der Waals surface area (Å²) < 4.78 is 18.5. The number of rotatable bonds is 5. The van der Waals surface area contributed by atoms with Crippen molar-refractivity contribution >= 4 is 29.1 Å². The molecule has 2 N–H and O–H groups in total. The molecular formula is C18H18ClFN2O3. The standard InChI is InChI=1S/C18H18ClFN2O3/c1-11-5-3-4-6-13(11)16(25-2)10-21-17(23)18(24)22-12-7-8-15(20)14(19)9-12/h3-9,16H,10H2,1-2H3,(H,21,23)(H,22,24)/t16-/m0/s1. The average Bonchev–Trinajstić information content (AvgIpc) is 2.59. The number of carbonyl (C=O) groups excluding carboxylic acids is 2. The van der Waals surface area contributed by atoms with Crippen LogP contribution in [0.15, 0.2) is 42.5 Å². The highest BCUT2D eigenvalue weighted by molar-refractivity contribution is 6.39. The summed E-state index contributed by atoms with van der Waals surface area (Å²) in [6.45, 7) is 2.08. The van der Waals surface area contributed by atoms with Crippen LogP contribution in [0.25, 0.3) is 0 Å². The lowest BCUT2D eigenvalue weighted by atomic mass is 10.0. The number of anilines is 1.